The smallest absolute Gasteiger partial charge is 0.272 e. The van der Waals surface area contributed by atoms with Crippen LogP contribution in [-0.4, -0.2) is 39.1 Å². The first kappa shape index (κ1) is 11.5. The lowest BCUT2D eigenvalue weighted by molar-refractivity contribution is 0.0586. The monoisotopic (exact) mass is 241 g/mol. The van der Waals surface area contributed by atoms with Gasteiger partial charge >= 0.3 is 0 Å². The number of hydrogen-bond acceptors (Lipinski definition) is 2. The molecule has 0 aliphatic heterocycles. The molecule has 1 heterocycles. The van der Waals surface area contributed by atoms with Crippen LogP contribution in [0.3, 0.4) is 0 Å². The lowest BCUT2D eigenvalue weighted by atomic mass is 9.91. The maximum Gasteiger partial charge on any atom is 0.272 e. The molecule has 5 heteroatoms. The van der Waals surface area contributed by atoms with Crippen molar-refractivity contribution in [3.8, 4) is 0 Å². The number of carbonyl (C=O) groups excluding carboxylic acids is 1. The van der Waals surface area contributed by atoms with Crippen molar-refractivity contribution in [1.29, 1.82) is 0 Å². The molecular weight excluding hydrogens is 226 g/mol. The maximum absolute atomic E-state index is 12.3. The van der Waals surface area contributed by atoms with Crippen LogP contribution >= 0.6 is 11.6 Å². The first-order valence-corrected chi connectivity index (χ1v) is 6.12. The van der Waals surface area contributed by atoms with Gasteiger partial charge in [0.25, 0.3) is 5.91 Å². The average molecular weight is 242 g/mol. The van der Waals surface area contributed by atoms with E-state index in [-0.39, 0.29) is 5.91 Å². The quantitative estimate of drug-likeness (QED) is 0.752. The molecule has 0 bridgehead atoms. The van der Waals surface area contributed by atoms with Crippen molar-refractivity contribution >= 4 is 17.5 Å². The van der Waals surface area contributed by atoms with Crippen molar-refractivity contribution in [3.63, 3.8) is 0 Å². The summed E-state index contributed by atoms with van der Waals surface area (Å²) in [6.07, 6.45) is 5.05. The van der Waals surface area contributed by atoms with Gasteiger partial charge in [-0.1, -0.05) is 0 Å². The third-order valence-corrected chi connectivity index (χ3v) is 3.31. The van der Waals surface area contributed by atoms with E-state index >= 15 is 0 Å². The molecule has 1 aliphatic rings. The predicted octanol–water partition coefficient (Wildman–Crippen LogP) is 1.65. The topological polar surface area (TPSA) is 38.1 Å². The van der Waals surface area contributed by atoms with Gasteiger partial charge in [-0.3, -0.25) is 9.48 Å². The Morgan fingerprint density at radius 2 is 2.44 bits per heavy atom. The highest BCUT2D eigenvalue weighted by molar-refractivity contribution is 6.18. The summed E-state index contributed by atoms with van der Waals surface area (Å²) in [7, 11) is 1.78. The minimum absolute atomic E-state index is 0.0466. The second-order valence-corrected chi connectivity index (χ2v) is 4.49. The number of nitrogens with zero attached hydrogens (tertiary/aromatic N) is 3. The first-order valence-electron chi connectivity index (χ1n) is 5.59. The van der Waals surface area contributed by atoms with Crippen LogP contribution in [0, 0.1) is 0 Å². The van der Waals surface area contributed by atoms with Crippen molar-refractivity contribution < 1.29 is 4.79 Å². The van der Waals surface area contributed by atoms with Crippen molar-refractivity contribution in [2.45, 2.75) is 25.3 Å². The van der Waals surface area contributed by atoms with Gasteiger partial charge in [0.15, 0.2) is 0 Å². The second-order valence-electron chi connectivity index (χ2n) is 4.11. The molecule has 0 atom stereocenters. The molecular formula is C11H16ClN3O. The first-order chi connectivity index (χ1) is 7.74. The summed E-state index contributed by atoms with van der Waals surface area (Å²) in [5.74, 6) is 0.533. The molecule has 1 saturated carbocycles. The molecule has 2 rings (SSSR count). The maximum atomic E-state index is 12.3. The van der Waals surface area contributed by atoms with Gasteiger partial charge in [0.2, 0.25) is 0 Å². The van der Waals surface area contributed by atoms with Gasteiger partial charge < -0.3 is 4.90 Å². The van der Waals surface area contributed by atoms with Crippen LogP contribution in [0.15, 0.2) is 12.3 Å². The minimum Gasteiger partial charge on any atom is -0.333 e. The predicted molar refractivity (Wildman–Crippen MR) is 62.6 cm³/mol. The SMILES string of the molecule is Cn1nccc1C(=O)N(CCCl)C1CCC1. The highest BCUT2D eigenvalue weighted by Gasteiger charge is 2.29. The van der Waals surface area contributed by atoms with E-state index in [1.165, 1.54) is 6.42 Å². The number of aryl methyl sites for hydroxylation is 1. The van der Waals surface area contributed by atoms with E-state index in [1.54, 1.807) is 24.0 Å². The summed E-state index contributed by atoms with van der Waals surface area (Å²) >= 11 is 5.75. The fourth-order valence-electron chi connectivity index (χ4n) is 1.97. The molecule has 0 aromatic carbocycles. The van der Waals surface area contributed by atoms with Crippen LogP contribution in [0.4, 0.5) is 0 Å². The standard InChI is InChI=1S/C11H16ClN3O/c1-14-10(5-7-13-14)11(16)15(8-6-12)9-3-2-4-9/h5,7,9H,2-4,6,8H2,1H3. The molecule has 1 fully saturated rings. The molecule has 0 spiro atoms. The number of alkyl halides is 1. The van der Waals surface area contributed by atoms with E-state index in [2.05, 4.69) is 5.10 Å². The average Bonchev–Trinajstić information content (AvgIpc) is 2.60. The largest absolute Gasteiger partial charge is 0.333 e. The molecule has 1 aliphatic carbocycles. The Kier molecular flexibility index (Phi) is 3.49. The third-order valence-electron chi connectivity index (χ3n) is 3.14. The molecule has 0 N–H and O–H groups in total. The summed E-state index contributed by atoms with van der Waals surface area (Å²) in [4.78, 5) is 14.1. The third kappa shape index (κ3) is 2.07. The molecule has 1 aromatic heterocycles. The van der Waals surface area contributed by atoms with E-state index in [0.717, 1.165) is 12.8 Å². The Bertz CT molecular complexity index is 373. The number of hydrogen-bond donors (Lipinski definition) is 0. The number of halogens is 1. The van der Waals surface area contributed by atoms with Crippen LogP contribution in [0.1, 0.15) is 29.8 Å². The zero-order valence-electron chi connectivity index (χ0n) is 9.40. The number of amides is 1. The molecule has 0 unspecified atom stereocenters. The summed E-state index contributed by atoms with van der Waals surface area (Å²) in [6.45, 7) is 0.621. The van der Waals surface area contributed by atoms with Gasteiger partial charge in [-0.25, -0.2) is 0 Å². The van der Waals surface area contributed by atoms with Gasteiger partial charge in [-0.2, -0.15) is 5.10 Å². The summed E-state index contributed by atoms with van der Waals surface area (Å²) in [5.41, 5.74) is 0.636. The molecule has 0 radical (unpaired) electrons. The van der Waals surface area contributed by atoms with Crippen LogP contribution in [0.5, 0.6) is 0 Å². The molecule has 4 nitrogen and oxygen atoms in total. The van der Waals surface area contributed by atoms with Gasteiger partial charge in [-0.05, 0) is 25.3 Å². The van der Waals surface area contributed by atoms with E-state index in [0.29, 0.717) is 24.2 Å². The minimum atomic E-state index is 0.0466. The second kappa shape index (κ2) is 4.87. The Morgan fingerprint density at radius 3 is 2.88 bits per heavy atom. The van der Waals surface area contributed by atoms with Crippen LogP contribution < -0.4 is 0 Å². The number of rotatable bonds is 4. The highest BCUT2D eigenvalue weighted by atomic mass is 35.5. The Morgan fingerprint density at radius 1 is 1.69 bits per heavy atom. The Hall–Kier alpha value is -1.03. The Balaban J connectivity index is 2.13. The molecule has 1 aromatic rings. The van der Waals surface area contributed by atoms with Gasteiger partial charge in [0.1, 0.15) is 5.69 Å². The van der Waals surface area contributed by atoms with Gasteiger partial charge in [-0.15, -0.1) is 11.6 Å². The van der Waals surface area contributed by atoms with Crippen molar-refractivity contribution in [3.05, 3.63) is 18.0 Å². The van der Waals surface area contributed by atoms with Crippen molar-refractivity contribution in [1.82, 2.24) is 14.7 Å². The van der Waals surface area contributed by atoms with Crippen LogP contribution in [-0.2, 0) is 7.05 Å². The van der Waals surface area contributed by atoms with E-state index < -0.39 is 0 Å². The van der Waals surface area contributed by atoms with E-state index in [1.807, 2.05) is 4.90 Å². The zero-order valence-corrected chi connectivity index (χ0v) is 10.2. The van der Waals surface area contributed by atoms with Crippen molar-refractivity contribution in [2.75, 3.05) is 12.4 Å². The number of carbonyl (C=O) groups is 1. The lowest BCUT2D eigenvalue weighted by Crippen LogP contribution is -2.45. The summed E-state index contributed by atoms with van der Waals surface area (Å²) < 4.78 is 1.61. The van der Waals surface area contributed by atoms with E-state index in [9.17, 15) is 4.79 Å². The molecule has 88 valence electrons. The number of aromatic nitrogens is 2. The van der Waals surface area contributed by atoms with Crippen LogP contribution in [0.2, 0.25) is 0 Å². The fraction of sp³-hybridized carbons (Fsp3) is 0.636. The molecule has 16 heavy (non-hydrogen) atoms. The van der Waals surface area contributed by atoms with Gasteiger partial charge in [0, 0.05) is 31.7 Å². The van der Waals surface area contributed by atoms with Crippen molar-refractivity contribution in [2.24, 2.45) is 7.05 Å². The lowest BCUT2D eigenvalue weighted by Gasteiger charge is -2.37. The summed E-state index contributed by atoms with van der Waals surface area (Å²) in [5, 5.41) is 4.02. The van der Waals surface area contributed by atoms with E-state index in [4.69, 9.17) is 11.6 Å². The fourth-order valence-corrected chi connectivity index (χ4v) is 2.15. The molecule has 0 saturated heterocycles. The van der Waals surface area contributed by atoms with Crippen LogP contribution in [0.25, 0.3) is 0 Å². The molecule has 1 amide bonds. The normalized spacial score (nSPS) is 15.9. The van der Waals surface area contributed by atoms with Gasteiger partial charge in [0.05, 0.1) is 0 Å². The zero-order chi connectivity index (χ0) is 11.5. The highest BCUT2D eigenvalue weighted by Crippen LogP contribution is 2.26. The summed E-state index contributed by atoms with van der Waals surface area (Å²) in [6, 6.07) is 2.13. The Labute approximate surface area is 100 Å².